The molecule has 96 heavy (non-hydrogen) atoms. The summed E-state index contributed by atoms with van der Waals surface area (Å²) in [4.78, 5) is 93.3. The molecule has 25 nitrogen and oxygen atoms in total. The van der Waals surface area contributed by atoms with E-state index in [1.807, 2.05) is 65.0 Å². The summed E-state index contributed by atoms with van der Waals surface area (Å²) in [5.41, 5.74) is 9.61. The van der Waals surface area contributed by atoms with Crippen molar-refractivity contribution >= 4 is 51.2 Å². The number of non-ortho nitro benzene ring substituents is 1. The minimum atomic E-state index is -0.532. The summed E-state index contributed by atoms with van der Waals surface area (Å²) in [5, 5.41) is 20.8. The van der Waals surface area contributed by atoms with Crippen molar-refractivity contribution in [2.24, 2.45) is 15.0 Å². The van der Waals surface area contributed by atoms with E-state index in [0.29, 0.717) is 103 Å². The van der Waals surface area contributed by atoms with Crippen LogP contribution in [0.3, 0.4) is 0 Å². The number of hydrogen-bond acceptors (Lipinski definition) is 22. The number of carbonyl (C=O) groups excluding carboxylic acids is 1. The first-order valence-corrected chi connectivity index (χ1v) is 32.3. The molecule has 0 fully saturated rings. The second kappa shape index (κ2) is 34.1. The third-order valence-electron chi connectivity index (χ3n) is 15.5. The maximum absolute atomic E-state index is 12.2. The van der Waals surface area contributed by atoms with E-state index < -0.39 is 22.1 Å². The smallest absolute Gasteiger partial charge is 0.359 e. The average Bonchev–Trinajstić information content (AvgIpc) is 1.62. The average molecular weight is 1320 g/mol. The molecule has 2 aromatic carbocycles. The largest absolute Gasteiger partial charge is 0.478 e. The normalized spacial score (nSPS) is 12.3. The van der Waals surface area contributed by atoms with Crippen molar-refractivity contribution in [2.45, 2.75) is 153 Å². The van der Waals surface area contributed by atoms with Crippen LogP contribution in [0.25, 0.3) is 33.6 Å². The lowest BCUT2D eigenvalue weighted by Crippen LogP contribution is -2.13. The summed E-state index contributed by atoms with van der Waals surface area (Å²) in [7, 11) is 1.64. The zero-order chi connectivity index (χ0) is 69.0. The molecule has 0 amide bonds. The van der Waals surface area contributed by atoms with Gasteiger partial charge in [0.1, 0.15) is 29.2 Å². The van der Waals surface area contributed by atoms with Crippen LogP contribution in [-0.2, 0) is 65.9 Å². The van der Waals surface area contributed by atoms with Gasteiger partial charge in [0.05, 0.1) is 72.5 Å². The molecule has 0 N–H and O–H groups in total. The lowest BCUT2D eigenvalue weighted by molar-refractivity contribution is -0.384. The van der Waals surface area contributed by atoms with E-state index in [1.165, 1.54) is 33.6 Å². The first-order chi connectivity index (χ1) is 46.4. The number of esters is 1. The lowest BCUT2D eigenvalue weighted by Gasteiger charge is -2.08. The van der Waals surface area contributed by atoms with Gasteiger partial charge in [-0.25, -0.2) is 33.8 Å². The number of carbonyl (C=O) groups is 1. The SMILES string of the molecule is CCCCc1cc(=O)oc2c1C(COC)=NC2.CCCCc1cc(=O)oc2c1C(OCC)=NC2.CCCCc1cc(=O)oc2c1c(OCC)nn2-c1ccc([N+](=O)[O-])cc1.CCOC(=O)c1nn(-c2ccccc2)c2oc(=O)cc(CC)c12.CCc1cc(=O)oc2c1C(C)=NC2. The van der Waals surface area contributed by atoms with Crippen molar-refractivity contribution in [1.82, 2.24) is 19.6 Å². The van der Waals surface area contributed by atoms with Crippen molar-refractivity contribution in [1.29, 1.82) is 0 Å². The van der Waals surface area contributed by atoms with E-state index in [4.69, 9.17) is 41.0 Å². The van der Waals surface area contributed by atoms with Crippen LogP contribution in [0.1, 0.15) is 173 Å². The molecular formula is C71H80N8O17. The van der Waals surface area contributed by atoms with Gasteiger partial charge in [-0.2, -0.15) is 14.5 Å². The Kier molecular flexibility index (Phi) is 25.4. The molecule has 0 aliphatic carbocycles. The number of nitro benzene ring substituents is 1. The number of fused-ring (bicyclic) bond motifs is 5. The van der Waals surface area contributed by atoms with Gasteiger partial charge in [-0.05, 0) is 131 Å². The maximum atomic E-state index is 12.2. The minimum Gasteiger partial charge on any atom is -0.478 e. The van der Waals surface area contributed by atoms with Gasteiger partial charge in [0, 0.05) is 66.4 Å². The number of methoxy groups -OCH3 is 1. The van der Waals surface area contributed by atoms with Crippen LogP contribution < -0.4 is 32.9 Å². The van der Waals surface area contributed by atoms with Gasteiger partial charge in [0.2, 0.25) is 23.2 Å². The lowest BCUT2D eigenvalue weighted by atomic mass is 10.0. The van der Waals surface area contributed by atoms with Crippen molar-refractivity contribution in [3.63, 3.8) is 0 Å². The highest BCUT2D eigenvalue weighted by molar-refractivity contribution is 6.05. The van der Waals surface area contributed by atoms with Crippen LogP contribution in [0.15, 0.2) is 146 Å². The molecule has 7 aromatic heterocycles. The monoisotopic (exact) mass is 1320 g/mol. The number of aliphatic imine (C=N–C) groups is 3. The third kappa shape index (κ3) is 17.1. The summed E-state index contributed by atoms with van der Waals surface area (Å²) in [6.07, 6.45) is 10.1. The van der Waals surface area contributed by atoms with Gasteiger partial charge < -0.3 is 41.0 Å². The number of nitrogens with zero attached hydrogens (tertiary/aromatic N) is 8. The van der Waals surface area contributed by atoms with Gasteiger partial charge in [-0.15, -0.1) is 5.10 Å². The van der Waals surface area contributed by atoms with Crippen molar-refractivity contribution < 1.29 is 50.8 Å². The second-order valence-electron chi connectivity index (χ2n) is 22.1. The summed E-state index contributed by atoms with van der Waals surface area (Å²) in [6, 6.07) is 22.6. The molecule has 0 atom stereocenters. The fourth-order valence-electron chi connectivity index (χ4n) is 11.1. The highest BCUT2D eigenvalue weighted by Gasteiger charge is 2.28. The van der Waals surface area contributed by atoms with Crippen molar-refractivity contribution in [2.75, 3.05) is 33.5 Å². The van der Waals surface area contributed by atoms with Crippen LogP contribution in [-0.4, -0.2) is 81.3 Å². The van der Waals surface area contributed by atoms with E-state index >= 15 is 0 Å². The highest BCUT2D eigenvalue weighted by Crippen LogP contribution is 2.32. The van der Waals surface area contributed by atoms with Gasteiger partial charge in [-0.3, -0.25) is 20.1 Å². The number of nitro groups is 1. The molecule has 3 aliphatic rings. The summed E-state index contributed by atoms with van der Waals surface area (Å²) in [6.45, 7) is 20.8. The van der Waals surface area contributed by atoms with Gasteiger partial charge in [0.15, 0.2) is 5.69 Å². The van der Waals surface area contributed by atoms with E-state index in [2.05, 4.69) is 45.9 Å². The number of rotatable bonds is 21. The zero-order valence-corrected chi connectivity index (χ0v) is 55.8. The topological polar surface area (TPSA) is 321 Å². The Labute approximate surface area is 552 Å². The van der Waals surface area contributed by atoms with E-state index in [0.717, 1.165) is 114 Å². The molecule has 12 rings (SSSR count). The molecule has 0 saturated heterocycles. The summed E-state index contributed by atoms with van der Waals surface area (Å²) in [5.74, 6) is 2.54. The number of benzene rings is 2. The maximum Gasteiger partial charge on any atom is 0.359 e. The second-order valence-corrected chi connectivity index (χ2v) is 22.1. The molecule has 0 unspecified atom stereocenters. The number of ether oxygens (including phenoxy) is 4. The molecule has 25 heteroatoms. The third-order valence-corrected chi connectivity index (χ3v) is 15.5. The number of hydrogen-bond donors (Lipinski definition) is 0. The Bertz CT molecular complexity index is 4530. The van der Waals surface area contributed by atoms with Gasteiger partial charge >= 0.3 is 34.1 Å². The van der Waals surface area contributed by atoms with Crippen molar-refractivity contribution in [3.8, 4) is 17.3 Å². The molecular weight excluding hydrogens is 1240 g/mol. The number of unbranched alkanes of at least 4 members (excludes halogenated alkanes) is 3. The van der Waals surface area contributed by atoms with Crippen LogP contribution in [0.2, 0.25) is 0 Å². The Hall–Kier alpha value is -10.4. The van der Waals surface area contributed by atoms with Crippen LogP contribution in [0, 0.1) is 10.1 Å². The van der Waals surface area contributed by atoms with Crippen LogP contribution >= 0.6 is 0 Å². The molecule has 0 radical (unpaired) electrons. The summed E-state index contributed by atoms with van der Waals surface area (Å²) >= 11 is 0. The van der Waals surface area contributed by atoms with Gasteiger partial charge in [-0.1, -0.05) is 72.1 Å². The van der Waals surface area contributed by atoms with E-state index in [1.54, 1.807) is 44.4 Å². The molecule has 9 aromatic rings. The summed E-state index contributed by atoms with van der Waals surface area (Å²) < 4.78 is 50.4. The highest BCUT2D eigenvalue weighted by atomic mass is 16.6. The Morgan fingerprint density at radius 2 is 1.03 bits per heavy atom. The minimum absolute atomic E-state index is 0.0275. The molecule has 0 spiro atoms. The number of para-hydroxylation sites is 1. The first-order valence-electron chi connectivity index (χ1n) is 32.3. The Morgan fingerprint density at radius 3 is 1.59 bits per heavy atom. The van der Waals surface area contributed by atoms with E-state index in [9.17, 15) is 38.9 Å². The van der Waals surface area contributed by atoms with Crippen LogP contribution in [0.4, 0.5) is 5.69 Å². The molecule has 3 aliphatic heterocycles. The fraction of sp³-hybridized carbons (Fsp3) is 0.394. The number of aromatic nitrogens is 4. The molecule has 0 bridgehead atoms. The quantitative estimate of drug-likeness (QED) is 0.0366. The fourth-order valence-corrected chi connectivity index (χ4v) is 11.1. The number of aryl methyl sites for hydroxylation is 5. The zero-order valence-electron chi connectivity index (χ0n) is 55.8. The Morgan fingerprint density at radius 1 is 0.542 bits per heavy atom. The predicted molar refractivity (Wildman–Crippen MR) is 362 cm³/mol. The van der Waals surface area contributed by atoms with Gasteiger partial charge in [0.25, 0.3) is 5.69 Å². The van der Waals surface area contributed by atoms with Crippen molar-refractivity contribution in [3.05, 3.63) is 215 Å². The molecule has 506 valence electrons. The van der Waals surface area contributed by atoms with E-state index in [-0.39, 0.29) is 46.3 Å². The predicted octanol–water partition coefficient (Wildman–Crippen LogP) is 12.1. The standard InChI is InChI=1S/C18H19N3O5.C17H16N2O4.2C13H17NO3.C10H11NO2/c1-3-5-6-12-11-15(22)26-18-16(12)17(25-4-2)19-20(18)13-7-9-14(10-8-13)21(23)24;1-3-11-10-13(20)23-16-14(11)15(17(21)22-4-2)18-19(16)12-8-6-5-7-9-12;1-3-4-5-9-6-12(15)17-11-7-14-10(8-16-2)13(9)11;1-3-5-6-9-7-11(15)17-10-8-14-13(12(9)10)16-4-2;1-3-7-4-9(12)13-8-5-11-6(2)10(7)8/h7-11H,3-6H2,1-2H3;5-10H,3-4H2,1-2H3;6H,3-5,7-8H2,1-2H3;7H,3-6,8H2,1-2H3;4H,3,5H2,1-2H3. The molecule has 10 heterocycles. The molecule has 0 saturated carbocycles. The first kappa shape index (κ1) is 71.4. The Balaban J connectivity index is 0.000000156. The van der Waals surface area contributed by atoms with Crippen LogP contribution in [0.5, 0.6) is 5.88 Å².